The maximum Gasteiger partial charge on any atom is 0.453 e. The quantitative estimate of drug-likeness (QED) is 0.734. The number of pyridine rings is 1. The van der Waals surface area contributed by atoms with Crippen LogP contribution < -0.4 is 10.2 Å². The lowest BCUT2D eigenvalue weighted by Crippen LogP contribution is -2.24. The van der Waals surface area contributed by atoms with Gasteiger partial charge >= 0.3 is 6.18 Å². The lowest BCUT2D eigenvalue weighted by atomic mass is 10.2. The summed E-state index contributed by atoms with van der Waals surface area (Å²) in [5.74, 6) is 0.119. The monoisotopic (exact) mass is 391 g/mol. The predicted molar refractivity (Wildman–Crippen MR) is 98.0 cm³/mol. The molecule has 1 aliphatic rings. The molecule has 0 saturated carbocycles. The number of fused-ring (bicyclic) bond motifs is 1. The molecule has 28 heavy (non-hydrogen) atoms. The molecule has 0 aliphatic carbocycles. The Balaban J connectivity index is 1.44. The van der Waals surface area contributed by atoms with Gasteiger partial charge in [-0.15, -0.1) is 15.3 Å². The summed E-state index contributed by atoms with van der Waals surface area (Å²) in [6.45, 7) is 2.44. The van der Waals surface area contributed by atoms with Gasteiger partial charge in [-0.3, -0.25) is 0 Å². The fourth-order valence-corrected chi connectivity index (χ4v) is 3.26. The number of nitrogens with one attached hydrogen (secondary N) is 1. The van der Waals surface area contributed by atoms with Gasteiger partial charge in [0.05, 0.1) is 0 Å². The van der Waals surface area contributed by atoms with Gasteiger partial charge in [-0.25, -0.2) is 4.98 Å². The highest BCUT2D eigenvalue weighted by Gasteiger charge is 2.37. The molecule has 0 unspecified atom stereocenters. The standard InChI is InChI=1S/C18H20F3N7/c19-18(20,21)17-25-24-16-8-6-14(26-28(16)17)22-11-13-5-7-15(23-12-13)27-9-3-1-2-4-10-27/h5-8,12H,1-4,9-11H2,(H,22,26). The van der Waals surface area contributed by atoms with Gasteiger partial charge in [-0.2, -0.15) is 17.7 Å². The Morgan fingerprint density at radius 1 is 0.964 bits per heavy atom. The first-order chi connectivity index (χ1) is 13.5. The van der Waals surface area contributed by atoms with Gasteiger partial charge < -0.3 is 10.2 Å². The van der Waals surface area contributed by atoms with Crippen LogP contribution in [0.1, 0.15) is 37.1 Å². The summed E-state index contributed by atoms with van der Waals surface area (Å²) < 4.78 is 39.6. The van der Waals surface area contributed by atoms with E-state index < -0.39 is 12.0 Å². The Morgan fingerprint density at radius 3 is 2.43 bits per heavy atom. The molecule has 10 heteroatoms. The zero-order chi connectivity index (χ0) is 19.6. The number of nitrogens with zero attached hydrogens (tertiary/aromatic N) is 6. The fourth-order valence-electron chi connectivity index (χ4n) is 3.26. The van der Waals surface area contributed by atoms with E-state index in [0.717, 1.165) is 24.5 Å². The van der Waals surface area contributed by atoms with Crippen LogP contribution in [0.2, 0.25) is 0 Å². The molecular formula is C18H20F3N7. The third kappa shape index (κ3) is 4.00. The molecule has 0 atom stereocenters. The molecule has 0 amide bonds. The van der Waals surface area contributed by atoms with Gasteiger partial charge in [0, 0.05) is 25.8 Å². The predicted octanol–water partition coefficient (Wildman–Crippen LogP) is 3.53. The van der Waals surface area contributed by atoms with Crippen molar-refractivity contribution in [2.24, 2.45) is 0 Å². The lowest BCUT2D eigenvalue weighted by molar-refractivity contribution is -0.146. The van der Waals surface area contributed by atoms with Crippen molar-refractivity contribution in [2.75, 3.05) is 23.3 Å². The highest BCUT2D eigenvalue weighted by atomic mass is 19.4. The second kappa shape index (κ2) is 7.61. The molecule has 4 heterocycles. The van der Waals surface area contributed by atoms with Gasteiger partial charge in [0.2, 0.25) is 0 Å². The first kappa shape index (κ1) is 18.5. The summed E-state index contributed by atoms with van der Waals surface area (Å²) in [7, 11) is 0. The Hall–Kier alpha value is -2.91. The van der Waals surface area contributed by atoms with E-state index in [1.54, 1.807) is 12.3 Å². The molecule has 4 rings (SSSR count). The molecule has 7 nitrogen and oxygen atoms in total. The largest absolute Gasteiger partial charge is 0.453 e. The van der Waals surface area contributed by atoms with Gasteiger partial charge in [-0.05, 0) is 36.6 Å². The highest BCUT2D eigenvalue weighted by molar-refractivity contribution is 5.45. The Labute approximate surface area is 159 Å². The van der Waals surface area contributed by atoms with Crippen LogP contribution in [-0.2, 0) is 12.7 Å². The Kier molecular flexibility index (Phi) is 5.01. The number of hydrogen-bond acceptors (Lipinski definition) is 6. The molecule has 1 N–H and O–H groups in total. The topological polar surface area (TPSA) is 71.2 Å². The molecule has 0 bridgehead atoms. The van der Waals surface area contributed by atoms with Crippen molar-refractivity contribution >= 4 is 17.3 Å². The second-order valence-corrected chi connectivity index (χ2v) is 6.79. The van der Waals surface area contributed by atoms with Crippen LogP contribution in [0.25, 0.3) is 5.65 Å². The van der Waals surface area contributed by atoms with Gasteiger partial charge in [0.1, 0.15) is 11.6 Å². The van der Waals surface area contributed by atoms with Crippen molar-refractivity contribution in [3.8, 4) is 0 Å². The van der Waals surface area contributed by atoms with Crippen molar-refractivity contribution in [2.45, 2.75) is 38.4 Å². The number of hydrogen-bond donors (Lipinski definition) is 1. The van der Waals surface area contributed by atoms with Gasteiger partial charge in [0.15, 0.2) is 5.65 Å². The third-order valence-corrected chi connectivity index (χ3v) is 4.73. The van der Waals surface area contributed by atoms with Gasteiger partial charge in [0.25, 0.3) is 5.82 Å². The van der Waals surface area contributed by atoms with E-state index in [-0.39, 0.29) is 5.65 Å². The molecule has 1 fully saturated rings. The van der Waals surface area contributed by atoms with Crippen molar-refractivity contribution in [1.29, 1.82) is 0 Å². The summed E-state index contributed by atoms with van der Waals surface area (Å²) in [5.41, 5.74) is 0.960. The molecule has 3 aromatic rings. The summed E-state index contributed by atoms with van der Waals surface area (Å²) in [5, 5.41) is 13.6. The normalized spacial score (nSPS) is 15.6. The molecule has 3 aromatic heterocycles. The van der Waals surface area contributed by atoms with Crippen molar-refractivity contribution in [1.82, 2.24) is 24.8 Å². The van der Waals surface area contributed by atoms with E-state index >= 15 is 0 Å². The van der Waals surface area contributed by atoms with Crippen LogP contribution in [0.15, 0.2) is 30.5 Å². The number of rotatable bonds is 4. The molecule has 1 aliphatic heterocycles. The van der Waals surface area contributed by atoms with E-state index in [1.807, 2.05) is 12.1 Å². The summed E-state index contributed by atoms with van der Waals surface area (Å²) in [4.78, 5) is 6.83. The zero-order valence-corrected chi connectivity index (χ0v) is 15.2. The number of halogens is 3. The third-order valence-electron chi connectivity index (χ3n) is 4.73. The molecule has 0 spiro atoms. The SMILES string of the molecule is FC(F)(F)c1nnc2ccc(NCc3ccc(N4CCCCCC4)nc3)nn12. The maximum absolute atomic E-state index is 13.0. The van der Waals surface area contributed by atoms with E-state index in [0.29, 0.717) is 16.9 Å². The fraction of sp³-hybridized carbons (Fsp3) is 0.444. The van der Waals surface area contributed by atoms with E-state index in [9.17, 15) is 13.2 Å². The maximum atomic E-state index is 13.0. The van der Waals surface area contributed by atoms with Crippen molar-refractivity contribution < 1.29 is 13.2 Å². The van der Waals surface area contributed by atoms with Crippen LogP contribution in [0.5, 0.6) is 0 Å². The van der Waals surface area contributed by atoms with Crippen molar-refractivity contribution in [3.63, 3.8) is 0 Å². The molecule has 0 aromatic carbocycles. The Bertz CT molecular complexity index is 928. The van der Waals surface area contributed by atoms with Gasteiger partial charge in [-0.1, -0.05) is 18.9 Å². The van der Waals surface area contributed by atoms with Crippen LogP contribution in [0.4, 0.5) is 24.8 Å². The minimum atomic E-state index is -4.61. The summed E-state index contributed by atoms with van der Waals surface area (Å²) >= 11 is 0. The average Bonchev–Trinajstić information content (AvgIpc) is 2.93. The number of aromatic nitrogens is 5. The van der Waals surface area contributed by atoms with Crippen LogP contribution in [-0.4, -0.2) is 37.9 Å². The first-order valence-electron chi connectivity index (χ1n) is 9.24. The zero-order valence-electron chi connectivity index (χ0n) is 15.2. The smallest absolute Gasteiger partial charge is 0.364 e. The molecule has 0 radical (unpaired) electrons. The first-order valence-corrected chi connectivity index (χ1v) is 9.24. The average molecular weight is 391 g/mol. The molecular weight excluding hydrogens is 371 g/mol. The minimum absolute atomic E-state index is 0.0429. The summed E-state index contributed by atoms with van der Waals surface area (Å²) in [6.07, 6.45) is 2.06. The van der Waals surface area contributed by atoms with E-state index in [2.05, 4.69) is 30.5 Å². The lowest BCUT2D eigenvalue weighted by Gasteiger charge is -2.21. The van der Waals surface area contributed by atoms with Crippen molar-refractivity contribution in [3.05, 3.63) is 41.9 Å². The van der Waals surface area contributed by atoms with E-state index in [1.165, 1.54) is 31.7 Å². The van der Waals surface area contributed by atoms with Crippen LogP contribution >= 0.6 is 0 Å². The van der Waals surface area contributed by atoms with Crippen LogP contribution in [0.3, 0.4) is 0 Å². The molecule has 148 valence electrons. The Morgan fingerprint density at radius 2 is 1.75 bits per heavy atom. The summed E-state index contributed by atoms with van der Waals surface area (Å²) in [6, 6.07) is 6.97. The second-order valence-electron chi connectivity index (χ2n) is 6.79. The number of alkyl halides is 3. The van der Waals surface area contributed by atoms with Crippen LogP contribution in [0, 0.1) is 0 Å². The minimum Gasteiger partial charge on any atom is -0.364 e. The molecule has 1 saturated heterocycles. The number of anilines is 2. The van der Waals surface area contributed by atoms with E-state index in [4.69, 9.17) is 0 Å². The highest BCUT2D eigenvalue weighted by Crippen LogP contribution is 2.27.